The van der Waals surface area contributed by atoms with Crippen molar-refractivity contribution >= 4 is 44.9 Å². The van der Waals surface area contributed by atoms with E-state index in [9.17, 15) is 27.6 Å². The quantitative estimate of drug-likeness (QED) is 0.270. The standard InChI is InChI=1S/C36H49N5O11S/c1-6-23-19-36(23,33(44)40-53(46,47)52-24-7-8-24)39-30(42)28-18-26(50-31-27-10-9-25(48-5)17-22(27)11-14-37-31)20-41(28)32(43)29(21-12-15-49-16-13-21)38-34(45)51-35(2,3)4/h9-11,14,17,21,23-24,26,28-29H,6-8,12-13,15-16,18-20H2,1-5H3,(H,38,45)(H,39,42)(H,40,44)/t23-,26-,28+,29+,36-/m1/s1. The molecule has 4 amide bonds. The highest BCUT2D eigenvalue weighted by Gasteiger charge is 2.62. The third-order valence-corrected chi connectivity index (χ3v) is 11.1. The third kappa shape index (κ3) is 9.12. The summed E-state index contributed by atoms with van der Waals surface area (Å²) in [6, 6.07) is 5.03. The van der Waals surface area contributed by atoms with Crippen molar-refractivity contribution in [2.45, 2.75) is 108 Å². The van der Waals surface area contributed by atoms with Gasteiger partial charge < -0.3 is 34.5 Å². The van der Waals surface area contributed by atoms with Gasteiger partial charge in [-0.3, -0.25) is 18.6 Å². The number of nitrogens with one attached hydrogen (secondary N) is 3. The summed E-state index contributed by atoms with van der Waals surface area (Å²) in [5, 5.41) is 7.10. The number of nitrogens with zero attached hydrogens (tertiary/aromatic N) is 2. The minimum atomic E-state index is -4.40. The molecule has 6 rings (SSSR count). The molecular weight excluding hydrogens is 710 g/mol. The number of benzene rings is 1. The van der Waals surface area contributed by atoms with Crippen LogP contribution in [0.3, 0.4) is 0 Å². The Morgan fingerprint density at radius 3 is 2.45 bits per heavy atom. The van der Waals surface area contributed by atoms with Crippen LogP contribution >= 0.6 is 0 Å². The second-order valence-corrected chi connectivity index (χ2v) is 16.5. The van der Waals surface area contributed by atoms with Crippen LogP contribution in [0.25, 0.3) is 10.8 Å². The Morgan fingerprint density at radius 2 is 1.81 bits per heavy atom. The lowest BCUT2D eigenvalue weighted by molar-refractivity contribution is -0.142. The van der Waals surface area contributed by atoms with Crippen molar-refractivity contribution in [3.05, 3.63) is 30.5 Å². The molecule has 2 saturated heterocycles. The molecule has 4 fully saturated rings. The van der Waals surface area contributed by atoms with Gasteiger partial charge in [0.15, 0.2) is 0 Å². The number of rotatable bonds is 13. The SMILES string of the molecule is CC[C@@H]1C[C@]1(NC(=O)[C@@H]1C[C@@H](Oc2nccc3cc(OC)ccc23)CN1C(=O)[C@@H](NC(=O)OC(C)(C)C)C1CCOCC1)C(=O)NS(=O)(=O)OC1CC1. The van der Waals surface area contributed by atoms with Crippen molar-refractivity contribution in [3.63, 3.8) is 0 Å². The maximum Gasteiger partial charge on any atom is 0.408 e. The fourth-order valence-corrected chi connectivity index (χ4v) is 8.12. The number of hydrogen-bond donors (Lipinski definition) is 3. The lowest BCUT2D eigenvalue weighted by Gasteiger charge is -2.35. The first kappa shape index (κ1) is 38.5. The summed E-state index contributed by atoms with van der Waals surface area (Å²) < 4.78 is 55.0. The van der Waals surface area contributed by atoms with Crippen LogP contribution in [0.5, 0.6) is 11.6 Å². The van der Waals surface area contributed by atoms with E-state index in [1.807, 2.05) is 29.8 Å². The first-order valence-electron chi connectivity index (χ1n) is 18.2. The number of pyridine rings is 1. The van der Waals surface area contributed by atoms with Crippen LogP contribution in [-0.4, -0.2) is 104 Å². The van der Waals surface area contributed by atoms with Gasteiger partial charge in [-0.15, -0.1) is 0 Å². The minimum absolute atomic E-state index is 0.0241. The van der Waals surface area contributed by atoms with Crippen molar-refractivity contribution < 1.29 is 50.7 Å². The van der Waals surface area contributed by atoms with Crippen LogP contribution in [0.15, 0.2) is 30.5 Å². The van der Waals surface area contributed by atoms with Gasteiger partial charge in [0.2, 0.25) is 17.7 Å². The largest absolute Gasteiger partial charge is 0.497 e. The molecule has 0 bridgehead atoms. The van der Waals surface area contributed by atoms with Crippen LogP contribution in [0, 0.1) is 11.8 Å². The van der Waals surface area contributed by atoms with E-state index in [0.717, 1.165) is 5.39 Å². The Morgan fingerprint density at radius 1 is 1.08 bits per heavy atom. The second-order valence-electron chi connectivity index (χ2n) is 15.2. The number of likely N-dealkylation sites (tertiary alicyclic amines) is 1. The molecule has 17 heteroatoms. The number of methoxy groups -OCH3 is 1. The Labute approximate surface area is 309 Å². The van der Waals surface area contributed by atoms with E-state index >= 15 is 0 Å². The molecule has 0 spiro atoms. The summed E-state index contributed by atoms with van der Waals surface area (Å²) in [5.41, 5.74) is -2.35. The summed E-state index contributed by atoms with van der Waals surface area (Å²) in [6.07, 6.45) is 2.45. The molecule has 2 aliphatic carbocycles. The maximum absolute atomic E-state index is 14.6. The Kier molecular flexibility index (Phi) is 11.1. The Hall–Kier alpha value is -4.22. The fraction of sp³-hybridized carbons (Fsp3) is 0.639. The molecule has 16 nitrogen and oxygen atoms in total. The maximum atomic E-state index is 14.6. The fourth-order valence-electron chi connectivity index (χ4n) is 7.11. The van der Waals surface area contributed by atoms with Crippen molar-refractivity contribution in [3.8, 4) is 11.6 Å². The van der Waals surface area contributed by atoms with E-state index in [4.69, 9.17) is 23.1 Å². The molecule has 1 aromatic heterocycles. The van der Waals surface area contributed by atoms with E-state index in [-0.39, 0.29) is 31.2 Å². The van der Waals surface area contributed by atoms with Crippen molar-refractivity contribution in [2.24, 2.45) is 11.8 Å². The van der Waals surface area contributed by atoms with Crippen LogP contribution in [0.2, 0.25) is 0 Å². The van der Waals surface area contributed by atoms with Gasteiger partial charge in [-0.2, -0.15) is 8.42 Å². The Bertz CT molecular complexity index is 1830. The summed E-state index contributed by atoms with van der Waals surface area (Å²) in [6.45, 7) is 7.73. The number of ether oxygens (including phenoxy) is 4. The van der Waals surface area contributed by atoms with Gasteiger partial charge in [-0.05, 0) is 94.4 Å². The van der Waals surface area contributed by atoms with Gasteiger partial charge in [0.1, 0.15) is 35.1 Å². The predicted molar refractivity (Wildman–Crippen MR) is 190 cm³/mol. The first-order valence-corrected chi connectivity index (χ1v) is 19.6. The first-order chi connectivity index (χ1) is 25.1. The molecule has 4 aliphatic rings. The molecular formula is C36H49N5O11S. The number of aromatic nitrogens is 1. The number of alkyl carbamates (subject to hydrolysis) is 1. The lowest BCUT2D eigenvalue weighted by Crippen LogP contribution is -2.59. The van der Waals surface area contributed by atoms with Crippen LogP contribution < -0.4 is 24.8 Å². The summed E-state index contributed by atoms with van der Waals surface area (Å²) in [5.74, 6) is -1.80. The zero-order valence-corrected chi connectivity index (χ0v) is 31.5. The van der Waals surface area contributed by atoms with Crippen LogP contribution in [0.4, 0.5) is 4.79 Å². The van der Waals surface area contributed by atoms with E-state index in [0.29, 0.717) is 62.3 Å². The van der Waals surface area contributed by atoms with E-state index in [1.54, 1.807) is 40.1 Å². The van der Waals surface area contributed by atoms with Gasteiger partial charge in [-0.1, -0.05) is 13.3 Å². The zero-order valence-electron chi connectivity index (χ0n) is 30.7. The normalized spacial score (nSPS) is 25.3. The number of fused-ring (bicyclic) bond motifs is 1. The number of carbonyl (C=O) groups is 4. The monoisotopic (exact) mass is 759 g/mol. The van der Waals surface area contributed by atoms with Crippen molar-refractivity contribution in [2.75, 3.05) is 26.9 Å². The number of amides is 4. The minimum Gasteiger partial charge on any atom is -0.497 e. The molecule has 290 valence electrons. The highest BCUT2D eigenvalue weighted by atomic mass is 32.2. The molecule has 0 unspecified atom stereocenters. The number of carbonyl (C=O) groups excluding carboxylic acids is 4. The average Bonchev–Trinajstić information content (AvgIpc) is 4.02. The summed E-state index contributed by atoms with van der Waals surface area (Å²) >= 11 is 0. The van der Waals surface area contributed by atoms with Crippen LogP contribution in [-0.2, 0) is 38.3 Å². The van der Waals surface area contributed by atoms with Crippen molar-refractivity contribution in [1.82, 2.24) is 25.2 Å². The summed E-state index contributed by atoms with van der Waals surface area (Å²) in [4.78, 5) is 61.4. The Balaban J connectivity index is 1.28. The lowest BCUT2D eigenvalue weighted by atomic mass is 9.90. The molecule has 2 aliphatic heterocycles. The zero-order chi connectivity index (χ0) is 38.1. The molecule has 53 heavy (non-hydrogen) atoms. The molecule has 5 atom stereocenters. The van der Waals surface area contributed by atoms with Gasteiger partial charge >= 0.3 is 16.4 Å². The van der Waals surface area contributed by atoms with Crippen LogP contribution in [0.1, 0.15) is 72.6 Å². The third-order valence-electron chi connectivity index (χ3n) is 10.1. The van der Waals surface area contributed by atoms with Gasteiger partial charge in [0.05, 0.1) is 19.8 Å². The second kappa shape index (κ2) is 15.3. The van der Waals surface area contributed by atoms with Gasteiger partial charge in [-0.25, -0.2) is 14.5 Å². The molecule has 0 radical (unpaired) electrons. The molecule has 1 aromatic carbocycles. The topological polar surface area (TPSA) is 201 Å². The molecule has 3 heterocycles. The molecule has 2 saturated carbocycles. The molecule has 2 aromatic rings. The van der Waals surface area contributed by atoms with Gasteiger partial charge in [0, 0.05) is 31.2 Å². The van der Waals surface area contributed by atoms with E-state index in [2.05, 4.69) is 15.6 Å². The van der Waals surface area contributed by atoms with E-state index < -0.39 is 69.6 Å². The molecule has 3 N–H and O–H groups in total. The highest BCUT2D eigenvalue weighted by molar-refractivity contribution is 7.85. The highest BCUT2D eigenvalue weighted by Crippen LogP contribution is 2.46. The van der Waals surface area contributed by atoms with Gasteiger partial charge in [0.25, 0.3) is 5.91 Å². The average molecular weight is 760 g/mol. The van der Waals surface area contributed by atoms with E-state index in [1.165, 1.54) is 4.90 Å². The number of hydrogen-bond acceptors (Lipinski definition) is 12. The smallest absolute Gasteiger partial charge is 0.408 e. The van der Waals surface area contributed by atoms with Crippen molar-refractivity contribution in [1.29, 1.82) is 0 Å². The summed E-state index contributed by atoms with van der Waals surface area (Å²) in [7, 11) is -2.83. The predicted octanol–water partition coefficient (Wildman–Crippen LogP) is 2.74.